The summed E-state index contributed by atoms with van der Waals surface area (Å²) in [6.07, 6.45) is 0. The summed E-state index contributed by atoms with van der Waals surface area (Å²) in [5.41, 5.74) is 4.64. The maximum atomic E-state index is 13.4. The molecule has 2 aromatic heterocycles. The topological polar surface area (TPSA) is 70.5 Å². The van der Waals surface area contributed by atoms with E-state index >= 15 is 0 Å². The van der Waals surface area contributed by atoms with Gasteiger partial charge in [-0.2, -0.15) is 0 Å². The van der Waals surface area contributed by atoms with E-state index in [1.165, 1.54) is 22.3 Å². The Morgan fingerprint density at radius 1 is 1.06 bits per heavy atom. The molecular weight excluding hydrogens is 523 g/mol. The first kappa shape index (κ1) is 25.0. The van der Waals surface area contributed by atoms with E-state index in [2.05, 4.69) is 16.8 Å². The van der Waals surface area contributed by atoms with Crippen molar-refractivity contribution in [1.82, 2.24) is 4.98 Å². The lowest BCUT2D eigenvalue weighted by atomic mass is 10.1. The molecule has 0 bridgehead atoms. The molecule has 0 fully saturated rings. The number of aromatic nitrogens is 1. The number of rotatable bonds is 5. The molecule has 0 aliphatic carbocycles. The Morgan fingerprint density at radius 2 is 1.80 bits per heavy atom. The molecular formula is C26H18Cl2N2O3S2. The molecule has 0 aliphatic heterocycles. The smallest absolute Gasteiger partial charge is 0.348 e. The molecule has 1 N–H and O–H groups in total. The number of nitrogens with zero attached hydrogens (tertiary/aromatic N) is 2. The second kappa shape index (κ2) is 10.6. The summed E-state index contributed by atoms with van der Waals surface area (Å²) < 4.78 is 0. The number of amides is 1. The lowest BCUT2D eigenvalue weighted by Gasteiger charge is -2.27. The van der Waals surface area contributed by atoms with E-state index in [0.29, 0.717) is 16.4 Å². The fraction of sp³-hybridized carbons (Fsp3) is 0.115. The molecule has 0 saturated heterocycles. The summed E-state index contributed by atoms with van der Waals surface area (Å²) in [5.74, 6) is 4.56. The van der Waals surface area contributed by atoms with Crippen LogP contribution in [0.15, 0.2) is 59.4 Å². The van der Waals surface area contributed by atoms with Gasteiger partial charge in [-0.15, -0.1) is 22.7 Å². The Balaban J connectivity index is 1.70. The van der Waals surface area contributed by atoms with Gasteiger partial charge in [0.1, 0.15) is 10.6 Å². The molecule has 2 aromatic carbocycles. The highest BCUT2D eigenvalue weighted by Gasteiger charge is 2.29. The lowest BCUT2D eigenvalue weighted by molar-refractivity contribution is 0.0703. The zero-order valence-electron chi connectivity index (χ0n) is 18.6. The number of benzene rings is 2. The third kappa shape index (κ3) is 5.58. The van der Waals surface area contributed by atoms with Crippen molar-refractivity contribution in [2.75, 3.05) is 4.90 Å². The highest BCUT2D eigenvalue weighted by atomic mass is 35.5. The van der Waals surface area contributed by atoms with Gasteiger partial charge in [-0.05, 0) is 61.7 Å². The van der Waals surface area contributed by atoms with Crippen LogP contribution in [0.3, 0.4) is 0 Å². The Labute approximate surface area is 220 Å². The first-order valence-corrected chi connectivity index (χ1v) is 12.9. The zero-order valence-corrected chi connectivity index (χ0v) is 21.7. The van der Waals surface area contributed by atoms with Gasteiger partial charge in [-0.1, -0.05) is 41.3 Å². The number of aromatic carboxylic acids is 1. The molecule has 0 spiro atoms. The molecule has 176 valence electrons. The Hall–Kier alpha value is -3.15. The molecule has 5 nitrogen and oxygen atoms in total. The van der Waals surface area contributed by atoms with Crippen LogP contribution in [0.5, 0.6) is 0 Å². The third-order valence-corrected chi connectivity index (χ3v) is 7.30. The average molecular weight is 541 g/mol. The molecule has 0 atom stereocenters. The first-order chi connectivity index (χ1) is 16.7. The van der Waals surface area contributed by atoms with E-state index in [-0.39, 0.29) is 21.5 Å². The van der Waals surface area contributed by atoms with Crippen molar-refractivity contribution in [3.05, 3.63) is 91.2 Å². The first-order valence-electron chi connectivity index (χ1n) is 10.4. The summed E-state index contributed by atoms with van der Waals surface area (Å²) in [5, 5.41) is 12.4. The normalized spacial score (nSPS) is 10.7. The molecule has 4 rings (SSSR count). The molecule has 9 heteroatoms. The van der Waals surface area contributed by atoms with E-state index in [4.69, 9.17) is 23.2 Å². The van der Waals surface area contributed by atoms with E-state index in [1.807, 2.05) is 43.5 Å². The van der Waals surface area contributed by atoms with Crippen LogP contribution in [0.2, 0.25) is 10.0 Å². The van der Waals surface area contributed by atoms with Crippen LogP contribution < -0.4 is 4.90 Å². The van der Waals surface area contributed by atoms with Gasteiger partial charge in [-0.25, -0.2) is 9.78 Å². The Bertz CT molecular complexity index is 1450. The van der Waals surface area contributed by atoms with Crippen molar-refractivity contribution in [1.29, 1.82) is 0 Å². The minimum atomic E-state index is -1.11. The number of carboxylic acid groups (broad SMARTS) is 1. The van der Waals surface area contributed by atoms with Gasteiger partial charge >= 0.3 is 5.97 Å². The monoisotopic (exact) mass is 540 g/mol. The maximum Gasteiger partial charge on any atom is 0.348 e. The zero-order chi connectivity index (χ0) is 25.1. The minimum Gasteiger partial charge on any atom is -0.477 e. The van der Waals surface area contributed by atoms with E-state index in [0.717, 1.165) is 27.3 Å². The summed E-state index contributed by atoms with van der Waals surface area (Å²) in [7, 11) is 0. The van der Waals surface area contributed by atoms with Gasteiger partial charge in [0.05, 0.1) is 21.8 Å². The number of hydrogen-bond donors (Lipinski definition) is 1. The van der Waals surface area contributed by atoms with Gasteiger partial charge in [0, 0.05) is 26.9 Å². The number of thiazole rings is 1. The lowest BCUT2D eigenvalue weighted by Crippen LogP contribution is -2.37. The minimum absolute atomic E-state index is 0.0690. The SMILES string of the molecule is CC(C)N(C(=O)c1ccc(Cl)cc1Cl)c1cc(-c2ccc(C#Cc3cscn3)cc2)sc1C(=O)O. The fourth-order valence-corrected chi connectivity index (χ4v) is 5.37. The average Bonchev–Trinajstić information content (AvgIpc) is 3.48. The predicted octanol–water partition coefficient (Wildman–Crippen LogP) is 7.33. The van der Waals surface area contributed by atoms with Gasteiger partial charge in [-0.3, -0.25) is 4.79 Å². The maximum absolute atomic E-state index is 13.4. The molecule has 2 heterocycles. The second-order valence-electron chi connectivity index (χ2n) is 7.72. The Morgan fingerprint density at radius 3 is 2.40 bits per heavy atom. The van der Waals surface area contributed by atoms with E-state index in [9.17, 15) is 14.7 Å². The number of halogens is 2. The quantitative estimate of drug-likeness (QED) is 0.269. The summed E-state index contributed by atoms with van der Waals surface area (Å²) in [6, 6.07) is 13.5. The highest BCUT2D eigenvalue weighted by Crippen LogP contribution is 2.39. The molecule has 0 unspecified atom stereocenters. The molecule has 4 aromatic rings. The van der Waals surface area contributed by atoms with Crippen LogP contribution >= 0.6 is 45.9 Å². The highest BCUT2D eigenvalue weighted by molar-refractivity contribution is 7.18. The number of carbonyl (C=O) groups excluding carboxylic acids is 1. The summed E-state index contributed by atoms with van der Waals surface area (Å²) in [4.78, 5) is 32.0. The summed E-state index contributed by atoms with van der Waals surface area (Å²) in [6.45, 7) is 3.64. The Kier molecular flexibility index (Phi) is 7.58. The van der Waals surface area contributed by atoms with Crippen molar-refractivity contribution in [2.24, 2.45) is 0 Å². The number of carbonyl (C=O) groups is 2. The van der Waals surface area contributed by atoms with Crippen molar-refractivity contribution >= 4 is 63.4 Å². The van der Waals surface area contributed by atoms with Crippen LogP contribution in [0.25, 0.3) is 10.4 Å². The van der Waals surface area contributed by atoms with Crippen LogP contribution in [0.1, 0.15) is 45.1 Å². The van der Waals surface area contributed by atoms with Crippen LogP contribution in [-0.4, -0.2) is 28.0 Å². The number of thiophene rings is 1. The van der Waals surface area contributed by atoms with Crippen molar-refractivity contribution in [2.45, 2.75) is 19.9 Å². The predicted molar refractivity (Wildman–Crippen MR) is 143 cm³/mol. The second-order valence-corrected chi connectivity index (χ2v) is 10.3. The van der Waals surface area contributed by atoms with E-state index < -0.39 is 11.9 Å². The van der Waals surface area contributed by atoms with Crippen molar-refractivity contribution < 1.29 is 14.7 Å². The molecule has 35 heavy (non-hydrogen) atoms. The molecule has 0 aliphatic rings. The van der Waals surface area contributed by atoms with Gasteiger partial charge < -0.3 is 10.0 Å². The largest absolute Gasteiger partial charge is 0.477 e. The van der Waals surface area contributed by atoms with Gasteiger partial charge in [0.25, 0.3) is 5.91 Å². The molecule has 1 amide bonds. The van der Waals surface area contributed by atoms with Crippen molar-refractivity contribution in [3.63, 3.8) is 0 Å². The van der Waals surface area contributed by atoms with Gasteiger partial charge in [0.2, 0.25) is 0 Å². The third-order valence-electron chi connectivity index (χ3n) is 5.00. The van der Waals surface area contributed by atoms with Gasteiger partial charge in [0.15, 0.2) is 0 Å². The van der Waals surface area contributed by atoms with Crippen molar-refractivity contribution in [3.8, 4) is 22.3 Å². The van der Waals surface area contributed by atoms with Crippen LogP contribution in [0, 0.1) is 11.8 Å². The number of carboxylic acids is 1. The standard InChI is InChI=1S/C26H18Cl2N2O3S2/c1-15(2)30(25(31)20-10-8-18(27)11-21(20)28)22-12-23(35-24(22)26(32)33)17-6-3-16(4-7-17)5-9-19-13-34-14-29-19/h3-4,6-8,10-15H,1-2H3,(H,32,33). The fourth-order valence-electron chi connectivity index (χ4n) is 3.40. The number of hydrogen-bond acceptors (Lipinski definition) is 5. The van der Waals surface area contributed by atoms with Crippen LogP contribution in [0.4, 0.5) is 5.69 Å². The van der Waals surface area contributed by atoms with Crippen LogP contribution in [-0.2, 0) is 0 Å². The summed E-state index contributed by atoms with van der Waals surface area (Å²) >= 11 is 14.9. The molecule has 0 saturated carbocycles. The van der Waals surface area contributed by atoms with E-state index in [1.54, 1.807) is 23.7 Å². The number of anilines is 1. The molecule has 0 radical (unpaired) electrons.